The quantitative estimate of drug-likeness (QED) is 0.789. The molecule has 2 amide bonds. The fraction of sp³-hybridized carbons (Fsp3) is 0.941. The molecule has 3 aliphatic rings. The van der Waals surface area contributed by atoms with Crippen molar-refractivity contribution in [1.82, 2.24) is 15.5 Å². The van der Waals surface area contributed by atoms with Gasteiger partial charge in [0.05, 0.1) is 6.10 Å². The zero-order valence-corrected chi connectivity index (χ0v) is 14.2. The fourth-order valence-corrected chi connectivity index (χ4v) is 4.36. The number of urea groups is 1. The molecule has 3 rings (SSSR count). The molecular weight excluding hydrogens is 278 g/mol. The monoisotopic (exact) mass is 309 g/mol. The Kier molecular flexibility index (Phi) is 4.64. The molecule has 5 nitrogen and oxygen atoms in total. The number of nitrogens with zero attached hydrogens (tertiary/aromatic N) is 1. The molecule has 22 heavy (non-hydrogen) atoms. The van der Waals surface area contributed by atoms with Gasteiger partial charge in [0.2, 0.25) is 0 Å². The van der Waals surface area contributed by atoms with Gasteiger partial charge in [-0.3, -0.25) is 4.90 Å². The zero-order valence-electron chi connectivity index (χ0n) is 14.2. The van der Waals surface area contributed by atoms with E-state index in [1.165, 1.54) is 19.3 Å². The largest absolute Gasteiger partial charge is 0.377 e. The predicted molar refractivity (Wildman–Crippen MR) is 86.8 cm³/mol. The molecule has 1 heterocycles. The van der Waals surface area contributed by atoms with E-state index in [4.69, 9.17) is 4.74 Å². The van der Waals surface area contributed by atoms with Crippen LogP contribution in [0.5, 0.6) is 0 Å². The third-order valence-electron chi connectivity index (χ3n) is 5.77. The van der Waals surface area contributed by atoms with Gasteiger partial charge in [-0.1, -0.05) is 20.8 Å². The van der Waals surface area contributed by atoms with Crippen molar-refractivity contribution < 1.29 is 9.53 Å². The lowest BCUT2D eigenvalue weighted by Crippen LogP contribution is -2.70. The molecule has 0 aromatic heterocycles. The Bertz CT molecular complexity index is 409. The summed E-state index contributed by atoms with van der Waals surface area (Å²) < 4.78 is 5.89. The summed E-state index contributed by atoms with van der Waals surface area (Å²) in [6.45, 7) is 10.2. The molecule has 0 aromatic rings. The molecule has 0 aromatic carbocycles. The average Bonchev–Trinajstić information content (AvgIpc) is 3.34. The van der Waals surface area contributed by atoms with E-state index in [-0.39, 0.29) is 17.5 Å². The topological polar surface area (TPSA) is 53.6 Å². The van der Waals surface area contributed by atoms with E-state index in [0.717, 1.165) is 38.7 Å². The molecule has 1 aliphatic heterocycles. The molecule has 0 radical (unpaired) electrons. The first-order chi connectivity index (χ1) is 10.5. The Morgan fingerprint density at radius 1 is 1.32 bits per heavy atom. The van der Waals surface area contributed by atoms with E-state index in [9.17, 15) is 4.79 Å². The minimum absolute atomic E-state index is 0.0195. The van der Waals surface area contributed by atoms with Crippen LogP contribution in [0, 0.1) is 11.3 Å². The second-order valence-electron chi connectivity index (χ2n) is 7.66. The molecule has 2 N–H and O–H groups in total. The van der Waals surface area contributed by atoms with Crippen molar-refractivity contribution in [3.05, 3.63) is 0 Å². The van der Waals surface area contributed by atoms with Crippen LogP contribution in [0.3, 0.4) is 0 Å². The number of ether oxygens (including phenoxy) is 1. The summed E-state index contributed by atoms with van der Waals surface area (Å²) >= 11 is 0. The van der Waals surface area contributed by atoms with Crippen LogP contribution in [0.25, 0.3) is 0 Å². The maximum atomic E-state index is 12.2. The molecule has 3 atom stereocenters. The lowest BCUT2D eigenvalue weighted by Gasteiger charge is -2.59. The van der Waals surface area contributed by atoms with Crippen LogP contribution >= 0.6 is 0 Å². The first-order valence-corrected chi connectivity index (χ1v) is 8.94. The second kappa shape index (κ2) is 6.36. The molecule has 1 saturated heterocycles. The number of rotatable bonds is 6. The van der Waals surface area contributed by atoms with Gasteiger partial charge in [0.1, 0.15) is 0 Å². The van der Waals surface area contributed by atoms with Crippen LogP contribution in [-0.4, -0.2) is 55.4 Å². The van der Waals surface area contributed by atoms with Gasteiger partial charge in [-0.25, -0.2) is 4.79 Å². The van der Waals surface area contributed by atoms with Crippen LogP contribution in [0.15, 0.2) is 0 Å². The van der Waals surface area contributed by atoms with Crippen molar-refractivity contribution in [2.24, 2.45) is 11.3 Å². The highest BCUT2D eigenvalue weighted by Crippen LogP contribution is 2.51. The van der Waals surface area contributed by atoms with E-state index in [1.807, 2.05) is 0 Å². The number of hydrogen-bond donors (Lipinski definition) is 2. The number of hydrogen-bond acceptors (Lipinski definition) is 3. The van der Waals surface area contributed by atoms with Gasteiger partial charge in [-0.2, -0.15) is 0 Å². The third-order valence-corrected chi connectivity index (χ3v) is 5.77. The summed E-state index contributed by atoms with van der Waals surface area (Å²) in [6.07, 6.45) is 5.24. The second-order valence-corrected chi connectivity index (χ2v) is 7.66. The van der Waals surface area contributed by atoms with Crippen LogP contribution in [0.1, 0.15) is 46.5 Å². The molecule has 0 unspecified atom stereocenters. The summed E-state index contributed by atoms with van der Waals surface area (Å²) in [6, 6.07) is 0.984. The van der Waals surface area contributed by atoms with Gasteiger partial charge in [0.25, 0.3) is 0 Å². The lowest BCUT2D eigenvalue weighted by molar-refractivity contribution is -0.189. The van der Waals surface area contributed by atoms with Crippen molar-refractivity contribution >= 4 is 6.03 Å². The first-order valence-electron chi connectivity index (χ1n) is 8.94. The minimum atomic E-state index is -0.0195. The summed E-state index contributed by atoms with van der Waals surface area (Å²) in [5, 5.41) is 6.22. The highest BCUT2D eigenvalue weighted by atomic mass is 16.5. The Balaban J connectivity index is 1.41. The first kappa shape index (κ1) is 16.1. The average molecular weight is 309 g/mol. The molecule has 5 heteroatoms. The Morgan fingerprint density at radius 2 is 2.09 bits per heavy atom. The van der Waals surface area contributed by atoms with E-state index >= 15 is 0 Å². The third kappa shape index (κ3) is 3.11. The smallest absolute Gasteiger partial charge is 0.315 e. The van der Waals surface area contributed by atoms with E-state index < -0.39 is 0 Å². The highest BCUT2D eigenvalue weighted by Gasteiger charge is 2.58. The predicted octanol–water partition coefficient (Wildman–Crippen LogP) is 1.97. The van der Waals surface area contributed by atoms with Crippen molar-refractivity contribution in [2.75, 3.05) is 26.2 Å². The van der Waals surface area contributed by atoms with Crippen molar-refractivity contribution in [2.45, 2.75) is 64.6 Å². The summed E-state index contributed by atoms with van der Waals surface area (Å²) in [5.41, 5.74) is 0.0475. The molecule has 2 saturated carbocycles. The number of likely N-dealkylation sites (N-methyl/N-ethyl adjacent to an activating group) is 1. The highest BCUT2D eigenvalue weighted by molar-refractivity contribution is 5.74. The number of fused-ring (bicyclic) bond motifs is 1. The Labute approximate surface area is 134 Å². The Morgan fingerprint density at radius 3 is 2.77 bits per heavy atom. The van der Waals surface area contributed by atoms with Gasteiger partial charge in [0, 0.05) is 43.1 Å². The van der Waals surface area contributed by atoms with Crippen molar-refractivity contribution in [1.29, 1.82) is 0 Å². The zero-order chi connectivity index (χ0) is 15.7. The molecule has 0 spiro atoms. The normalized spacial score (nSPS) is 33.0. The van der Waals surface area contributed by atoms with Gasteiger partial charge < -0.3 is 15.4 Å². The lowest BCUT2D eigenvalue weighted by atomic mass is 9.55. The molecule has 0 bridgehead atoms. The van der Waals surface area contributed by atoms with Crippen molar-refractivity contribution in [3.8, 4) is 0 Å². The van der Waals surface area contributed by atoms with Crippen LogP contribution in [0.2, 0.25) is 0 Å². The molecule has 2 aliphatic carbocycles. The van der Waals surface area contributed by atoms with Crippen LogP contribution < -0.4 is 10.6 Å². The van der Waals surface area contributed by atoms with Gasteiger partial charge >= 0.3 is 6.03 Å². The van der Waals surface area contributed by atoms with Crippen LogP contribution in [0.4, 0.5) is 4.79 Å². The summed E-state index contributed by atoms with van der Waals surface area (Å²) in [4.78, 5) is 14.6. The van der Waals surface area contributed by atoms with Gasteiger partial charge in [-0.05, 0) is 32.2 Å². The molecule has 3 fully saturated rings. The Hall–Kier alpha value is -0.810. The van der Waals surface area contributed by atoms with Gasteiger partial charge in [0.15, 0.2) is 0 Å². The number of carbonyl (C=O) groups excluding carboxylic acids is 1. The van der Waals surface area contributed by atoms with Gasteiger partial charge in [-0.15, -0.1) is 0 Å². The minimum Gasteiger partial charge on any atom is -0.377 e. The number of amides is 2. The summed E-state index contributed by atoms with van der Waals surface area (Å²) in [5.74, 6) is 0.494. The standard InChI is InChI=1S/C17H31N3O2/c1-4-20(12-7-8-12)10-9-18-16(21)19-14-13-6-5-11-22-15(13)17(14,2)3/h12-15H,4-11H2,1-3H3,(H2,18,19,21)/t13-,14-,15-/m1/s1. The number of nitrogens with one attached hydrogen (secondary N) is 2. The fourth-order valence-electron chi connectivity index (χ4n) is 4.36. The van der Waals surface area contributed by atoms with E-state index in [0.29, 0.717) is 12.0 Å². The molecular formula is C17H31N3O2. The van der Waals surface area contributed by atoms with E-state index in [1.54, 1.807) is 0 Å². The number of carbonyl (C=O) groups is 1. The molecule has 126 valence electrons. The maximum Gasteiger partial charge on any atom is 0.315 e. The summed E-state index contributed by atoms with van der Waals surface area (Å²) in [7, 11) is 0. The van der Waals surface area contributed by atoms with Crippen LogP contribution in [-0.2, 0) is 4.74 Å². The SMILES string of the molecule is CCN(CCNC(=O)N[C@@H]1[C@H]2CCCO[C@H]2C1(C)C)C1CC1. The van der Waals surface area contributed by atoms with E-state index in [2.05, 4.69) is 36.3 Å². The maximum absolute atomic E-state index is 12.2. The van der Waals surface area contributed by atoms with Crippen molar-refractivity contribution in [3.63, 3.8) is 0 Å².